The molecule has 0 unspecified atom stereocenters. The standard InChI is InChI=1S/C56H36N2O/c1-2-13-41-35-42(24-23-37(41)11-1)38-25-29-43(30-26-38)57(44-31-27-40(28-32-44)47-18-9-14-39-12-3-4-15-46(39)47)45-33-34-50-51-19-10-22-54(56(51)59-55(50)36-45)58-52-20-7-5-16-48(52)49-17-6-8-21-53(49)58/h1-36H. The van der Waals surface area contributed by atoms with Gasteiger partial charge in [0.25, 0.3) is 0 Å². The maximum Gasteiger partial charge on any atom is 0.159 e. The molecule has 3 nitrogen and oxygen atoms in total. The number of hydrogen-bond donors (Lipinski definition) is 0. The van der Waals surface area contributed by atoms with Crippen LogP contribution < -0.4 is 4.90 Å². The van der Waals surface area contributed by atoms with Gasteiger partial charge in [-0.2, -0.15) is 0 Å². The molecule has 2 heterocycles. The maximum absolute atomic E-state index is 6.95. The van der Waals surface area contributed by atoms with Crippen LogP contribution in [0.1, 0.15) is 0 Å². The van der Waals surface area contributed by atoms with Crippen LogP contribution in [0, 0.1) is 0 Å². The Balaban J connectivity index is 1.000. The van der Waals surface area contributed by atoms with Crippen LogP contribution in [0.3, 0.4) is 0 Å². The van der Waals surface area contributed by atoms with Crippen LogP contribution in [-0.2, 0) is 0 Å². The second kappa shape index (κ2) is 13.4. The first-order chi connectivity index (χ1) is 29.2. The normalized spacial score (nSPS) is 11.7. The van der Waals surface area contributed by atoms with Crippen LogP contribution in [0.2, 0.25) is 0 Å². The van der Waals surface area contributed by atoms with Gasteiger partial charge in [0.15, 0.2) is 5.58 Å². The molecular weight excluding hydrogens is 717 g/mol. The number of benzene rings is 10. The Bertz CT molecular complexity index is 3500. The highest BCUT2D eigenvalue weighted by Crippen LogP contribution is 2.42. The van der Waals surface area contributed by atoms with Gasteiger partial charge in [0.05, 0.1) is 16.7 Å². The molecule has 0 saturated carbocycles. The summed E-state index contributed by atoms with van der Waals surface area (Å²) in [7, 11) is 0. The van der Waals surface area contributed by atoms with Crippen LogP contribution >= 0.6 is 0 Å². The van der Waals surface area contributed by atoms with Gasteiger partial charge in [-0.3, -0.25) is 0 Å². The van der Waals surface area contributed by atoms with Gasteiger partial charge in [-0.05, 0) is 104 Å². The highest BCUT2D eigenvalue weighted by atomic mass is 16.3. The van der Waals surface area contributed by atoms with Crippen molar-refractivity contribution >= 4 is 82.4 Å². The fourth-order valence-corrected chi connectivity index (χ4v) is 9.16. The van der Waals surface area contributed by atoms with E-state index in [1.165, 1.54) is 54.6 Å². The summed E-state index contributed by atoms with van der Waals surface area (Å²) < 4.78 is 9.29. The summed E-state index contributed by atoms with van der Waals surface area (Å²) in [6.45, 7) is 0. The smallest absolute Gasteiger partial charge is 0.159 e. The Morgan fingerprint density at radius 3 is 1.64 bits per heavy atom. The van der Waals surface area contributed by atoms with Gasteiger partial charge < -0.3 is 13.9 Å². The quantitative estimate of drug-likeness (QED) is 0.169. The van der Waals surface area contributed by atoms with E-state index in [4.69, 9.17) is 4.42 Å². The fourth-order valence-electron chi connectivity index (χ4n) is 9.16. The molecule has 0 saturated heterocycles. The molecule has 276 valence electrons. The number of furan rings is 1. The van der Waals surface area contributed by atoms with Crippen molar-refractivity contribution in [1.82, 2.24) is 4.57 Å². The third-order valence-corrected chi connectivity index (χ3v) is 12.0. The second-order valence-electron chi connectivity index (χ2n) is 15.3. The molecule has 0 aliphatic heterocycles. The summed E-state index contributed by atoms with van der Waals surface area (Å²) in [6.07, 6.45) is 0. The van der Waals surface area contributed by atoms with Gasteiger partial charge in [0, 0.05) is 44.7 Å². The molecule has 12 rings (SSSR count). The zero-order valence-electron chi connectivity index (χ0n) is 32.1. The molecule has 0 amide bonds. The Labute approximate surface area is 341 Å². The number of rotatable bonds is 6. The predicted molar refractivity (Wildman–Crippen MR) is 249 cm³/mol. The van der Waals surface area contributed by atoms with Crippen LogP contribution in [0.25, 0.3) is 93.2 Å². The van der Waals surface area contributed by atoms with Crippen LogP contribution in [0.4, 0.5) is 17.1 Å². The van der Waals surface area contributed by atoms with Gasteiger partial charge >= 0.3 is 0 Å². The highest BCUT2D eigenvalue weighted by Gasteiger charge is 2.20. The van der Waals surface area contributed by atoms with E-state index < -0.39 is 0 Å². The van der Waals surface area contributed by atoms with Gasteiger partial charge in [-0.15, -0.1) is 0 Å². The summed E-state index contributed by atoms with van der Waals surface area (Å²) in [6, 6.07) is 78.6. The summed E-state index contributed by atoms with van der Waals surface area (Å²) in [4.78, 5) is 2.33. The van der Waals surface area contributed by atoms with Crippen molar-refractivity contribution in [2.75, 3.05) is 4.90 Å². The number of nitrogens with zero attached hydrogens (tertiary/aromatic N) is 2. The van der Waals surface area contributed by atoms with E-state index in [0.29, 0.717) is 0 Å². The molecule has 0 radical (unpaired) electrons. The first kappa shape index (κ1) is 33.3. The average Bonchev–Trinajstić information content (AvgIpc) is 3.85. The van der Waals surface area contributed by atoms with Crippen molar-refractivity contribution in [1.29, 1.82) is 0 Å². The van der Waals surface area contributed by atoms with E-state index >= 15 is 0 Å². The number of fused-ring (bicyclic) bond motifs is 8. The molecule has 3 heteroatoms. The Hall–Kier alpha value is -7.88. The molecule has 0 spiro atoms. The van der Waals surface area contributed by atoms with Crippen molar-refractivity contribution < 1.29 is 4.42 Å². The molecule has 0 fully saturated rings. The number of para-hydroxylation sites is 3. The third-order valence-electron chi connectivity index (χ3n) is 12.0. The minimum Gasteiger partial charge on any atom is -0.454 e. The van der Waals surface area contributed by atoms with E-state index in [1.54, 1.807) is 0 Å². The third kappa shape index (κ3) is 5.44. The largest absolute Gasteiger partial charge is 0.454 e. The van der Waals surface area contributed by atoms with Gasteiger partial charge in [-0.1, -0.05) is 152 Å². The summed E-state index contributed by atoms with van der Waals surface area (Å²) in [5.74, 6) is 0. The van der Waals surface area contributed by atoms with Crippen molar-refractivity contribution in [3.05, 3.63) is 218 Å². The molecule has 10 aromatic carbocycles. The Kier molecular flexibility index (Phi) is 7.54. The first-order valence-electron chi connectivity index (χ1n) is 20.2. The molecule has 0 bridgehead atoms. The van der Waals surface area contributed by atoms with Crippen LogP contribution in [-0.4, -0.2) is 4.57 Å². The number of aromatic nitrogens is 1. The van der Waals surface area contributed by atoms with E-state index in [9.17, 15) is 0 Å². The lowest BCUT2D eigenvalue weighted by molar-refractivity contribution is 0.666. The number of anilines is 3. The van der Waals surface area contributed by atoms with E-state index in [0.717, 1.165) is 55.7 Å². The van der Waals surface area contributed by atoms with Crippen LogP contribution in [0.15, 0.2) is 223 Å². The van der Waals surface area contributed by atoms with Crippen molar-refractivity contribution in [3.63, 3.8) is 0 Å². The Morgan fingerprint density at radius 1 is 0.339 bits per heavy atom. The van der Waals surface area contributed by atoms with Gasteiger partial charge in [0.2, 0.25) is 0 Å². The zero-order valence-corrected chi connectivity index (χ0v) is 32.1. The minimum absolute atomic E-state index is 0.843. The summed E-state index contributed by atoms with van der Waals surface area (Å²) in [5.41, 5.74) is 13.0. The lowest BCUT2D eigenvalue weighted by Gasteiger charge is -2.26. The van der Waals surface area contributed by atoms with Gasteiger partial charge in [-0.25, -0.2) is 0 Å². The number of hydrogen-bond acceptors (Lipinski definition) is 2. The maximum atomic E-state index is 6.95. The highest BCUT2D eigenvalue weighted by molar-refractivity contribution is 6.13. The molecule has 0 aliphatic rings. The molecule has 12 aromatic rings. The molecular formula is C56H36N2O. The topological polar surface area (TPSA) is 21.3 Å². The first-order valence-corrected chi connectivity index (χ1v) is 20.2. The van der Waals surface area contributed by atoms with E-state index in [2.05, 4.69) is 228 Å². The second-order valence-corrected chi connectivity index (χ2v) is 15.3. The molecule has 0 N–H and O–H groups in total. The molecule has 59 heavy (non-hydrogen) atoms. The fraction of sp³-hybridized carbons (Fsp3) is 0. The van der Waals surface area contributed by atoms with Crippen molar-refractivity contribution in [2.45, 2.75) is 0 Å². The van der Waals surface area contributed by atoms with E-state index in [-0.39, 0.29) is 0 Å². The molecule has 2 aromatic heterocycles. The summed E-state index contributed by atoms with van der Waals surface area (Å²) in [5, 5.41) is 9.61. The Morgan fingerprint density at radius 2 is 0.898 bits per heavy atom. The summed E-state index contributed by atoms with van der Waals surface area (Å²) >= 11 is 0. The predicted octanol–water partition coefficient (Wildman–Crippen LogP) is 15.8. The van der Waals surface area contributed by atoms with Crippen molar-refractivity contribution in [2.24, 2.45) is 0 Å². The average molecular weight is 753 g/mol. The lowest BCUT2D eigenvalue weighted by atomic mass is 9.98. The zero-order chi connectivity index (χ0) is 38.9. The van der Waals surface area contributed by atoms with Crippen molar-refractivity contribution in [3.8, 4) is 27.9 Å². The monoisotopic (exact) mass is 752 g/mol. The molecule has 0 aliphatic carbocycles. The SMILES string of the molecule is c1ccc2cc(-c3ccc(N(c4ccc(-c5cccc6ccccc56)cc4)c4ccc5c(c4)oc4c(-n6c7ccccc7c7ccccc76)cccc45)cc3)ccc2c1. The van der Waals surface area contributed by atoms with Crippen LogP contribution in [0.5, 0.6) is 0 Å². The van der Waals surface area contributed by atoms with Gasteiger partial charge in [0.1, 0.15) is 5.58 Å². The minimum atomic E-state index is 0.843. The lowest BCUT2D eigenvalue weighted by Crippen LogP contribution is -2.09. The van der Waals surface area contributed by atoms with E-state index in [1.807, 2.05) is 0 Å². The molecule has 0 atom stereocenters.